The van der Waals surface area contributed by atoms with E-state index in [0.29, 0.717) is 5.03 Å². The summed E-state index contributed by atoms with van der Waals surface area (Å²) in [5, 5.41) is 17.9. The number of nitriles is 1. The molecule has 6 heteroatoms. The summed E-state index contributed by atoms with van der Waals surface area (Å²) in [4.78, 5) is 18.4. The molecule has 0 unspecified atom stereocenters. The molecule has 15 heavy (non-hydrogen) atoms. The van der Waals surface area contributed by atoms with Crippen molar-refractivity contribution in [2.45, 2.75) is 23.6 Å². The molecule has 0 fully saturated rings. The molecular weight excluding hydrogens is 214 g/mol. The van der Waals surface area contributed by atoms with Gasteiger partial charge < -0.3 is 5.11 Å². The van der Waals surface area contributed by atoms with Crippen molar-refractivity contribution in [2.75, 3.05) is 0 Å². The number of nitrogens with zero attached hydrogens (tertiary/aromatic N) is 3. The topological polar surface area (TPSA) is 86.9 Å². The average Bonchev–Trinajstić information content (AvgIpc) is 2.17. The Morgan fingerprint density at radius 1 is 1.67 bits per heavy atom. The van der Waals surface area contributed by atoms with E-state index < -0.39 is 10.7 Å². The van der Waals surface area contributed by atoms with Gasteiger partial charge in [-0.15, -0.1) is 0 Å². The van der Waals surface area contributed by atoms with Gasteiger partial charge in [0.05, 0.1) is 0 Å². The number of carboxylic acid groups (broad SMARTS) is 1. The van der Waals surface area contributed by atoms with Crippen LogP contribution in [0.1, 0.15) is 19.7 Å². The molecule has 78 valence electrons. The van der Waals surface area contributed by atoms with Crippen molar-refractivity contribution >= 4 is 17.7 Å². The number of hydrogen-bond acceptors (Lipinski definition) is 5. The van der Waals surface area contributed by atoms with Crippen LogP contribution in [-0.2, 0) is 4.79 Å². The molecule has 0 amide bonds. The number of carbonyl (C=O) groups is 1. The molecule has 0 atom stereocenters. The van der Waals surface area contributed by atoms with E-state index in [9.17, 15) is 4.79 Å². The fourth-order valence-corrected chi connectivity index (χ4v) is 1.63. The highest BCUT2D eigenvalue weighted by atomic mass is 32.2. The van der Waals surface area contributed by atoms with Crippen LogP contribution in [0.4, 0.5) is 0 Å². The maximum Gasteiger partial charge on any atom is 0.319 e. The summed E-state index contributed by atoms with van der Waals surface area (Å²) in [6.07, 6.45) is 1.44. The molecule has 1 aromatic rings. The quantitative estimate of drug-likeness (QED) is 0.614. The van der Waals surface area contributed by atoms with Gasteiger partial charge in [0.15, 0.2) is 0 Å². The molecule has 0 aliphatic rings. The van der Waals surface area contributed by atoms with Crippen LogP contribution in [0.2, 0.25) is 0 Å². The van der Waals surface area contributed by atoms with Gasteiger partial charge in [-0.3, -0.25) is 4.79 Å². The normalized spacial score (nSPS) is 10.7. The summed E-state index contributed by atoms with van der Waals surface area (Å²) >= 11 is 1.08. The Kier molecular flexibility index (Phi) is 3.27. The van der Waals surface area contributed by atoms with Crippen molar-refractivity contribution < 1.29 is 9.90 Å². The van der Waals surface area contributed by atoms with Crippen molar-refractivity contribution in [3.05, 3.63) is 18.1 Å². The van der Waals surface area contributed by atoms with Crippen molar-refractivity contribution in [1.82, 2.24) is 9.97 Å². The van der Waals surface area contributed by atoms with E-state index in [1.807, 2.05) is 0 Å². The van der Waals surface area contributed by atoms with Crippen LogP contribution in [0.15, 0.2) is 17.3 Å². The largest absolute Gasteiger partial charge is 0.480 e. The van der Waals surface area contributed by atoms with Gasteiger partial charge in [-0.2, -0.15) is 5.26 Å². The first-order chi connectivity index (χ1) is 6.95. The minimum absolute atomic E-state index is 0.0428. The van der Waals surface area contributed by atoms with E-state index in [0.717, 1.165) is 11.8 Å². The third-order valence-electron chi connectivity index (χ3n) is 1.60. The van der Waals surface area contributed by atoms with Crippen LogP contribution in [-0.4, -0.2) is 25.8 Å². The summed E-state index contributed by atoms with van der Waals surface area (Å²) in [5.74, 6) is -0.884. The lowest BCUT2D eigenvalue weighted by Gasteiger charge is -2.17. The lowest BCUT2D eigenvalue weighted by Crippen LogP contribution is -2.27. The van der Waals surface area contributed by atoms with Crippen LogP contribution in [0.3, 0.4) is 0 Å². The molecule has 1 aromatic heterocycles. The Labute approximate surface area is 91.2 Å². The second kappa shape index (κ2) is 4.28. The number of rotatable bonds is 3. The van der Waals surface area contributed by atoms with E-state index >= 15 is 0 Å². The first-order valence-corrected chi connectivity index (χ1v) is 4.93. The van der Waals surface area contributed by atoms with Gasteiger partial charge in [0, 0.05) is 6.20 Å². The van der Waals surface area contributed by atoms with Crippen molar-refractivity contribution in [3.8, 4) is 6.07 Å². The molecule has 1 N–H and O–H groups in total. The molecule has 0 saturated carbocycles. The van der Waals surface area contributed by atoms with Crippen molar-refractivity contribution in [3.63, 3.8) is 0 Å². The lowest BCUT2D eigenvalue weighted by molar-refractivity contribution is -0.138. The molecule has 1 rings (SSSR count). The molecule has 0 aliphatic carbocycles. The molecule has 0 aliphatic heterocycles. The monoisotopic (exact) mass is 223 g/mol. The summed E-state index contributed by atoms with van der Waals surface area (Å²) in [6, 6.07) is 3.38. The summed E-state index contributed by atoms with van der Waals surface area (Å²) in [7, 11) is 0. The highest BCUT2D eigenvalue weighted by Gasteiger charge is 2.29. The van der Waals surface area contributed by atoms with Gasteiger partial charge in [0.1, 0.15) is 15.8 Å². The maximum atomic E-state index is 10.9. The summed E-state index contributed by atoms with van der Waals surface area (Å²) in [5.41, 5.74) is 0. The van der Waals surface area contributed by atoms with Crippen LogP contribution in [0.5, 0.6) is 0 Å². The van der Waals surface area contributed by atoms with Crippen LogP contribution in [0.25, 0.3) is 0 Å². The third-order valence-corrected chi connectivity index (χ3v) is 2.73. The second-order valence-electron chi connectivity index (χ2n) is 3.25. The van der Waals surface area contributed by atoms with E-state index in [1.165, 1.54) is 6.20 Å². The number of hydrogen-bond donors (Lipinski definition) is 1. The number of aromatic nitrogens is 2. The lowest BCUT2D eigenvalue weighted by atomic mass is 10.2. The zero-order valence-electron chi connectivity index (χ0n) is 8.26. The third kappa shape index (κ3) is 2.92. The van der Waals surface area contributed by atoms with E-state index in [2.05, 4.69) is 9.97 Å². The first-order valence-electron chi connectivity index (χ1n) is 4.11. The van der Waals surface area contributed by atoms with E-state index in [4.69, 9.17) is 10.4 Å². The fraction of sp³-hybridized carbons (Fsp3) is 0.333. The van der Waals surface area contributed by atoms with Crippen LogP contribution < -0.4 is 0 Å². The molecular formula is C9H9N3O2S. The number of carboxylic acids is 1. The Morgan fingerprint density at radius 3 is 2.87 bits per heavy atom. The predicted octanol–water partition coefficient (Wildman–Crippen LogP) is 1.30. The highest BCUT2D eigenvalue weighted by molar-refractivity contribution is 8.01. The van der Waals surface area contributed by atoms with Gasteiger partial charge in [-0.05, 0) is 19.9 Å². The minimum atomic E-state index is -0.971. The Hall–Kier alpha value is -1.61. The zero-order valence-corrected chi connectivity index (χ0v) is 9.08. The average molecular weight is 223 g/mol. The second-order valence-corrected chi connectivity index (χ2v) is 4.89. The molecule has 0 aromatic carbocycles. The Bertz CT molecular complexity index is 426. The highest BCUT2D eigenvalue weighted by Crippen LogP contribution is 2.30. The predicted molar refractivity (Wildman–Crippen MR) is 54.3 cm³/mol. The maximum absolute atomic E-state index is 10.9. The Balaban J connectivity index is 2.91. The van der Waals surface area contributed by atoms with Gasteiger partial charge >= 0.3 is 5.97 Å². The SMILES string of the molecule is CC(C)(Sc1ccnc(C#N)n1)C(=O)O. The minimum Gasteiger partial charge on any atom is -0.480 e. The van der Waals surface area contributed by atoms with E-state index in [-0.39, 0.29) is 5.82 Å². The van der Waals surface area contributed by atoms with Gasteiger partial charge in [-0.1, -0.05) is 11.8 Å². The number of thioether (sulfide) groups is 1. The molecule has 0 bridgehead atoms. The first kappa shape index (κ1) is 11.5. The van der Waals surface area contributed by atoms with Crippen molar-refractivity contribution in [2.24, 2.45) is 0 Å². The van der Waals surface area contributed by atoms with Gasteiger partial charge in [-0.25, -0.2) is 9.97 Å². The number of aliphatic carboxylic acids is 1. The molecule has 5 nitrogen and oxygen atoms in total. The zero-order chi connectivity index (χ0) is 11.5. The van der Waals surface area contributed by atoms with Crippen molar-refractivity contribution in [1.29, 1.82) is 5.26 Å². The summed E-state index contributed by atoms with van der Waals surface area (Å²) < 4.78 is -0.971. The Morgan fingerprint density at radius 2 is 2.33 bits per heavy atom. The molecule has 0 spiro atoms. The fourth-order valence-electron chi connectivity index (χ4n) is 0.758. The molecule has 0 saturated heterocycles. The smallest absolute Gasteiger partial charge is 0.319 e. The molecule has 1 heterocycles. The van der Waals surface area contributed by atoms with Crippen LogP contribution >= 0.6 is 11.8 Å². The van der Waals surface area contributed by atoms with Crippen LogP contribution in [0, 0.1) is 11.3 Å². The molecule has 0 radical (unpaired) electrons. The summed E-state index contributed by atoms with van der Waals surface area (Å²) in [6.45, 7) is 3.16. The van der Waals surface area contributed by atoms with Gasteiger partial charge in [0.25, 0.3) is 0 Å². The standard InChI is InChI=1S/C9H9N3O2S/c1-9(2,8(13)14)15-7-3-4-11-6(5-10)12-7/h3-4H,1-2H3,(H,13,14). The van der Waals surface area contributed by atoms with E-state index in [1.54, 1.807) is 26.0 Å². The van der Waals surface area contributed by atoms with Gasteiger partial charge in [0.2, 0.25) is 5.82 Å².